The minimum Gasteiger partial charge on any atom is -0.357 e. The Morgan fingerprint density at radius 2 is 0.800 bits per heavy atom. The van der Waals surface area contributed by atoms with Crippen molar-refractivity contribution in [3.63, 3.8) is 0 Å². The van der Waals surface area contributed by atoms with E-state index in [2.05, 4.69) is 109 Å². The maximum atomic E-state index is 6.45. The normalized spacial score (nSPS) is 18.6. The van der Waals surface area contributed by atoms with Crippen LogP contribution in [0.15, 0.2) is 109 Å². The van der Waals surface area contributed by atoms with Crippen molar-refractivity contribution in [2.75, 3.05) is 0 Å². The second-order valence-electron chi connectivity index (χ2n) is 9.94. The fourth-order valence-electron chi connectivity index (χ4n) is 6.85. The first-order valence-electron chi connectivity index (χ1n) is 12.3. The first-order chi connectivity index (χ1) is 17.4. The summed E-state index contributed by atoms with van der Waals surface area (Å²) in [6, 6.07) is 36.0. The average molecular weight is 445 g/mol. The van der Waals surface area contributed by atoms with Crippen LogP contribution in [-0.2, 0) is 4.74 Å². The van der Waals surface area contributed by atoms with Gasteiger partial charge in [-0.2, -0.15) is 0 Å². The Balaban J connectivity index is 1.69. The standard InChI is InChI=1S/C34H20O/c1-3-7-23-19(5-1)9-11-21-13-15-25-31-27-17-18-28(35-27)32(31)26-16-14-22-12-10-20-6-2-4-8-24(20)30(22)34(26)33(25)29(21)23/h1-18,27-28H. The van der Waals surface area contributed by atoms with Crippen molar-refractivity contribution in [2.24, 2.45) is 0 Å². The van der Waals surface area contributed by atoms with Crippen molar-refractivity contribution in [1.29, 1.82) is 0 Å². The van der Waals surface area contributed by atoms with Crippen molar-refractivity contribution in [3.05, 3.63) is 120 Å². The molecule has 1 heteroatoms. The molecule has 0 aromatic heterocycles. The molecule has 0 aliphatic carbocycles. The maximum absolute atomic E-state index is 6.45. The van der Waals surface area contributed by atoms with Gasteiger partial charge in [0, 0.05) is 0 Å². The van der Waals surface area contributed by atoms with E-state index in [1.165, 1.54) is 75.8 Å². The number of ether oxygens (including phenoxy) is 1. The van der Waals surface area contributed by atoms with Crippen LogP contribution in [0.3, 0.4) is 0 Å². The molecule has 2 unspecified atom stereocenters. The molecule has 7 aromatic carbocycles. The zero-order chi connectivity index (χ0) is 22.7. The highest BCUT2D eigenvalue weighted by Crippen LogP contribution is 2.54. The van der Waals surface area contributed by atoms with Gasteiger partial charge in [0.15, 0.2) is 0 Å². The largest absolute Gasteiger partial charge is 0.357 e. The van der Waals surface area contributed by atoms with E-state index < -0.39 is 0 Å². The highest BCUT2D eigenvalue weighted by Gasteiger charge is 2.37. The van der Waals surface area contributed by atoms with Crippen LogP contribution in [0, 0.1) is 0 Å². The average Bonchev–Trinajstić information content (AvgIpc) is 3.55. The maximum Gasteiger partial charge on any atom is 0.103 e. The second-order valence-corrected chi connectivity index (χ2v) is 9.94. The van der Waals surface area contributed by atoms with Gasteiger partial charge in [0.2, 0.25) is 0 Å². The van der Waals surface area contributed by atoms with Gasteiger partial charge in [-0.25, -0.2) is 0 Å². The molecule has 9 rings (SSSR count). The molecule has 1 nitrogen and oxygen atoms in total. The molecule has 0 N–H and O–H groups in total. The number of rotatable bonds is 0. The number of benzene rings is 7. The Hall–Kier alpha value is -4.20. The van der Waals surface area contributed by atoms with Crippen LogP contribution in [-0.4, -0.2) is 0 Å². The van der Waals surface area contributed by atoms with E-state index in [1.807, 2.05) is 0 Å². The molecule has 2 aliphatic rings. The highest BCUT2D eigenvalue weighted by atomic mass is 16.5. The summed E-state index contributed by atoms with van der Waals surface area (Å²) in [5.41, 5.74) is 2.71. The van der Waals surface area contributed by atoms with Crippen LogP contribution < -0.4 is 0 Å². The van der Waals surface area contributed by atoms with Gasteiger partial charge in [0.1, 0.15) is 12.2 Å². The summed E-state index contributed by atoms with van der Waals surface area (Å²) in [6.07, 6.45) is 4.56. The topological polar surface area (TPSA) is 9.23 Å². The number of hydrogen-bond acceptors (Lipinski definition) is 1. The van der Waals surface area contributed by atoms with E-state index in [9.17, 15) is 0 Å². The molecule has 0 spiro atoms. The molecular formula is C34H20O. The molecule has 2 bridgehead atoms. The molecule has 162 valence electrons. The first-order valence-corrected chi connectivity index (χ1v) is 12.3. The monoisotopic (exact) mass is 444 g/mol. The van der Waals surface area contributed by atoms with Crippen molar-refractivity contribution in [1.82, 2.24) is 0 Å². The molecule has 35 heavy (non-hydrogen) atoms. The van der Waals surface area contributed by atoms with Gasteiger partial charge in [-0.1, -0.05) is 109 Å². The summed E-state index contributed by atoms with van der Waals surface area (Å²) < 4.78 is 6.45. The van der Waals surface area contributed by atoms with Crippen LogP contribution in [0.2, 0.25) is 0 Å². The molecule has 0 saturated heterocycles. The fraction of sp³-hybridized carbons (Fsp3) is 0.0588. The van der Waals surface area contributed by atoms with Gasteiger partial charge < -0.3 is 4.74 Å². The van der Waals surface area contributed by atoms with E-state index in [1.54, 1.807) is 0 Å². The molecule has 0 fully saturated rings. The van der Waals surface area contributed by atoms with Gasteiger partial charge in [-0.3, -0.25) is 0 Å². The van der Waals surface area contributed by atoms with Crippen molar-refractivity contribution < 1.29 is 4.74 Å². The van der Waals surface area contributed by atoms with Crippen LogP contribution in [0.25, 0.3) is 64.6 Å². The minimum absolute atomic E-state index is 0.0394. The Kier molecular flexibility index (Phi) is 3.25. The van der Waals surface area contributed by atoms with Crippen molar-refractivity contribution in [2.45, 2.75) is 12.2 Å². The quantitative estimate of drug-likeness (QED) is 0.167. The van der Waals surface area contributed by atoms with Gasteiger partial charge in [-0.05, 0) is 75.8 Å². The lowest BCUT2D eigenvalue weighted by molar-refractivity contribution is 0.0887. The van der Waals surface area contributed by atoms with E-state index in [0.29, 0.717) is 0 Å². The molecule has 2 heterocycles. The number of hydrogen-bond donors (Lipinski definition) is 0. The van der Waals surface area contributed by atoms with Crippen molar-refractivity contribution in [3.8, 4) is 0 Å². The van der Waals surface area contributed by atoms with Gasteiger partial charge >= 0.3 is 0 Å². The zero-order valence-corrected chi connectivity index (χ0v) is 19.0. The Morgan fingerprint density at radius 3 is 1.31 bits per heavy atom. The predicted octanol–water partition coefficient (Wildman–Crippen LogP) is 9.29. The lowest BCUT2D eigenvalue weighted by atomic mass is 9.82. The van der Waals surface area contributed by atoms with Crippen LogP contribution in [0.4, 0.5) is 0 Å². The Labute approximate surface area is 201 Å². The van der Waals surface area contributed by atoms with Gasteiger partial charge in [-0.15, -0.1) is 0 Å². The lowest BCUT2D eigenvalue weighted by Crippen LogP contribution is -1.98. The predicted molar refractivity (Wildman–Crippen MR) is 147 cm³/mol. The fourth-order valence-corrected chi connectivity index (χ4v) is 6.85. The SMILES string of the molecule is C1=CC2OC1c1c2c2ccc3ccc4ccccc4c3c2c2c1ccc1ccc3ccccc3c12. The van der Waals surface area contributed by atoms with Gasteiger partial charge in [0.25, 0.3) is 0 Å². The van der Waals surface area contributed by atoms with E-state index in [4.69, 9.17) is 4.74 Å². The smallest absolute Gasteiger partial charge is 0.103 e. The first kappa shape index (κ1) is 18.2. The summed E-state index contributed by atoms with van der Waals surface area (Å²) in [7, 11) is 0. The summed E-state index contributed by atoms with van der Waals surface area (Å²) in [6.45, 7) is 0. The second kappa shape index (κ2) is 6.27. The summed E-state index contributed by atoms with van der Waals surface area (Å²) in [5, 5.41) is 15.8. The summed E-state index contributed by atoms with van der Waals surface area (Å²) in [4.78, 5) is 0. The van der Waals surface area contributed by atoms with E-state index in [-0.39, 0.29) is 12.2 Å². The molecule has 0 saturated carbocycles. The highest BCUT2D eigenvalue weighted by molar-refractivity contribution is 6.36. The minimum atomic E-state index is 0.0394. The molecule has 0 radical (unpaired) electrons. The molecular weight excluding hydrogens is 424 g/mol. The van der Waals surface area contributed by atoms with Crippen LogP contribution in [0.1, 0.15) is 23.3 Å². The van der Waals surface area contributed by atoms with E-state index >= 15 is 0 Å². The van der Waals surface area contributed by atoms with Gasteiger partial charge in [0.05, 0.1) is 0 Å². The molecule has 0 amide bonds. The zero-order valence-electron chi connectivity index (χ0n) is 19.0. The number of fused-ring (bicyclic) bond motifs is 18. The Morgan fingerprint density at radius 1 is 0.371 bits per heavy atom. The molecule has 2 atom stereocenters. The van der Waals surface area contributed by atoms with Crippen LogP contribution in [0.5, 0.6) is 0 Å². The lowest BCUT2D eigenvalue weighted by Gasteiger charge is -2.20. The molecule has 7 aromatic rings. The molecule has 2 aliphatic heterocycles. The van der Waals surface area contributed by atoms with E-state index in [0.717, 1.165) is 0 Å². The summed E-state index contributed by atoms with van der Waals surface area (Å²) in [5.74, 6) is 0. The Bertz CT molecular complexity index is 1950. The van der Waals surface area contributed by atoms with Crippen molar-refractivity contribution >= 4 is 64.6 Å². The third-order valence-corrected chi connectivity index (χ3v) is 8.26. The third-order valence-electron chi connectivity index (χ3n) is 8.26. The van der Waals surface area contributed by atoms with Crippen LogP contribution >= 0.6 is 0 Å². The summed E-state index contributed by atoms with van der Waals surface area (Å²) >= 11 is 0. The third kappa shape index (κ3) is 2.18.